The number of carbonyl (C=O) groups excluding carboxylic acids is 1. The van der Waals surface area contributed by atoms with E-state index in [0.29, 0.717) is 12.4 Å². The Balaban J connectivity index is 2.69. The van der Waals surface area contributed by atoms with Gasteiger partial charge in [-0.05, 0) is 30.0 Å². The van der Waals surface area contributed by atoms with Crippen LogP contribution in [0.3, 0.4) is 0 Å². The molecule has 5 heteroatoms. The van der Waals surface area contributed by atoms with E-state index in [4.69, 9.17) is 11.6 Å². The molecule has 1 aromatic carbocycles. The number of amides is 1. The molecule has 0 radical (unpaired) electrons. The highest BCUT2D eigenvalue weighted by atomic mass is 35.5. The Morgan fingerprint density at radius 1 is 1.39 bits per heavy atom. The predicted octanol–water partition coefficient (Wildman–Crippen LogP) is 2.48. The Morgan fingerprint density at radius 3 is 2.67 bits per heavy atom. The molecule has 0 aromatic heterocycles. The maximum absolute atomic E-state index is 11.9. The van der Waals surface area contributed by atoms with E-state index in [2.05, 4.69) is 5.32 Å². The molecule has 1 aromatic rings. The van der Waals surface area contributed by atoms with Crippen LogP contribution in [-0.2, 0) is 0 Å². The standard InChI is InChI=1S/C13H18ClNO3/c1-13(2,5-6-14)8-15-12(18)10-7-9(16)3-4-11(10)17/h3-4,7,16-17H,5-6,8H2,1-2H3,(H,15,18). The number of alkyl halides is 1. The van der Waals surface area contributed by atoms with Crippen LogP contribution < -0.4 is 5.32 Å². The molecular formula is C13H18ClNO3. The Morgan fingerprint density at radius 2 is 2.06 bits per heavy atom. The molecule has 0 heterocycles. The van der Waals surface area contributed by atoms with Crippen molar-refractivity contribution in [2.24, 2.45) is 5.41 Å². The molecule has 0 aliphatic carbocycles. The number of hydrogen-bond donors (Lipinski definition) is 3. The lowest BCUT2D eigenvalue weighted by Crippen LogP contribution is -2.34. The Hall–Kier alpha value is -1.42. The van der Waals surface area contributed by atoms with E-state index in [1.54, 1.807) is 0 Å². The average molecular weight is 272 g/mol. The summed E-state index contributed by atoms with van der Waals surface area (Å²) in [5.41, 5.74) is -0.0409. The number of carbonyl (C=O) groups is 1. The maximum atomic E-state index is 11.9. The van der Waals surface area contributed by atoms with Gasteiger partial charge in [-0.15, -0.1) is 11.6 Å². The third kappa shape index (κ3) is 4.11. The van der Waals surface area contributed by atoms with E-state index in [-0.39, 0.29) is 22.5 Å². The number of phenolic OH excluding ortho intramolecular Hbond substituents is 2. The van der Waals surface area contributed by atoms with Crippen LogP contribution in [0, 0.1) is 5.41 Å². The van der Waals surface area contributed by atoms with Gasteiger partial charge in [-0.25, -0.2) is 0 Å². The van der Waals surface area contributed by atoms with Gasteiger partial charge < -0.3 is 15.5 Å². The number of rotatable bonds is 5. The molecule has 0 aliphatic rings. The fourth-order valence-electron chi connectivity index (χ4n) is 1.46. The van der Waals surface area contributed by atoms with Crippen LogP contribution in [0.15, 0.2) is 18.2 Å². The monoisotopic (exact) mass is 271 g/mol. The molecule has 1 rings (SSSR count). The number of aromatic hydroxyl groups is 2. The van der Waals surface area contributed by atoms with Crippen LogP contribution in [0.2, 0.25) is 0 Å². The molecule has 0 bridgehead atoms. The van der Waals surface area contributed by atoms with Crippen molar-refractivity contribution in [2.45, 2.75) is 20.3 Å². The quantitative estimate of drug-likeness (QED) is 0.569. The topological polar surface area (TPSA) is 69.6 Å². The first-order chi connectivity index (χ1) is 8.35. The Labute approximate surface area is 112 Å². The number of halogens is 1. The fourth-order valence-corrected chi connectivity index (χ4v) is 1.98. The van der Waals surface area contributed by atoms with Crippen molar-refractivity contribution in [3.8, 4) is 11.5 Å². The van der Waals surface area contributed by atoms with Crippen molar-refractivity contribution in [3.05, 3.63) is 23.8 Å². The second-order valence-corrected chi connectivity index (χ2v) is 5.37. The second-order valence-electron chi connectivity index (χ2n) is 4.99. The van der Waals surface area contributed by atoms with Gasteiger partial charge in [0.1, 0.15) is 11.5 Å². The minimum atomic E-state index is -0.411. The van der Waals surface area contributed by atoms with Gasteiger partial charge in [0.15, 0.2) is 0 Å². The molecule has 18 heavy (non-hydrogen) atoms. The first-order valence-electron chi connectivity index (χ1n) is 5.72. The molecule has 0 fully saturated rings. The zero-order chi connectivity index (χ0) is 13.8. The minimum absolute atomic E-state index is 0.0574. The highest BCUT2D eigenvalue weighted by Gasteiger charge is 2.19. The molecule has 0 atom stereocenters. The Bertz CT molecular complexity index is 432. The summed E-state index contributed by atoms with van der Waals surface area (Å²) in [7, 11) is 0. The summed E-state index contributed by atoms with van der Waals surface area (Å²) in [6, 6.07) is 3.84. The lowest BCUT2D eigenvalue weighted by atomic mass is 9.90. The number of benzene rings is 1. The number of hydrogen-bond acceptors (Lipinski definition) is 3. The molecule has 0 aliphatic heterocycles. The molecule has 3 N–H and O–H groups in total. The summed E-state index contributed by atoms with van der Waals surface area (Å²) in [4.78, 5) is 11.9. The summed E-state index contributed by atoms with van der Waals surface area (Å²) in [5.74, 6) is -0.0928. The largest absolute Gasteiger partial charge is 0.508 e. The zero-order valence-electron chi connectivity index (χ0n) is 10.5. The van der Waals surface area contributed by atoms with E-state index < -0.39 is 5.91 Å². The summed E-state index contributed by atoms with van der Waals surface area (Å²) in [6.07, 6.45) is 0.779. The molecule has 0 spiro atoms. The van der Waals surface area contributed by atoms with Crippen LogP contribution in [0.4, 0.5) is 0 Å². The summed E-state index contributed by atoms with van der Waals surface area (Å²) in [5, 5.41) is 21.6. The lowest BCUT2D eigenvalue weighted by molar-refractivity contribution is 0.0932. The smallest absolute Gasteiger partial charge is 0.255 e. The van der Waals surface area contributed by atoms with Crippen molar-refractivity contribution < 1.29 is 15.0 Å². The highest BCUT2D eigenvalue weighted by Crippen LogP contribution is 2.23. The van der Waals surface area contributed by atoms with Gasteiger partial charge in [0.05, 0.1) is 5.56 Å². The lowest BCUT2D eigenvalue weighted by Gasteiger charge is -2.23. The normalized spacial score (nSPS) is 11.3. The van der Waals surface area contributed by atoms with Crippen molar-refractivity contribution in [3.63, 3.8) is 0 Å². The third-order valence-corrected chi connectivity index (χ3v) is 2.91. The van der Waals surface area contributed by atoms with Crippen LogP contribution in [0.1, 0.15) is 30.6 Å². The molecule has 100 valence electrons. The van der Waals surface area contributed by atoms with Gasteiger partial charge in [-0.3, -0.25) is 4.79 Å². The number of nitrogens with one attached hydrogen (secondary N) is 1. The fraction of sp³-hybridized carbons (Fsp3) is 0.462. The summed E-state index contributed by atoms with van der Waals surface area (Å²) < 4.78 is 0. The van der Waals surface area contributed by atoms with Gasteiger partial charge in [-0.2, -0.15) is 0 Å². The van der Waals surface area contributed by atoms with Crippen molar-refractivity contribution in [1.82, 2.24) is 5.32 Å². The molecule has 0 saturated carbocycles. The molecule has 0 unspecified atom stereocenters. The summed E-state index contributed by atoms with van der Waals surface area (Å²) >= 11 is 5.68. The van der Waals surface area contributed by atoms with E-state index in [0.717, 1.165) is 6.42 Å². The van der Waals surface area contributed by atoms with Gasteiger partial charge in [0.2, 0.25) is 0 Å². The maximum Gasteiger partial charge on any atom is 0.255 e. The van der Waals surface area contributed by atoms with Gasteiger partial charge in [0.25, 0.3) is 5.91 Å². The molecule has 1 amide bonds. The predicted molar refractivity (Wildman–Crippen MR) is 71.2 cm³/mol. The summed E-state index contributed by atoms with van der Waals surface area (Å²) in [6.45, 7) is 4.45. The van der Waals surface area contributed by atoms with Crippen molar-refractivity contribution >= 4 is 17.5 Å². The van der Waals surface area contributed by atoms with E-state index in [1.165, 1.54) is 18.2 Å². The Kier molecular flexibility index (Phi) is 4.84. The van der Waals surface area contributed by atoms with Crippen LogP contribution in [-0.4, -0.2) is 28.5 Å². The number of phenols is 2. The minimum Gasteiger partial charge on any atom is -0.508 e. The van der Waals surface area contributed by atoms with Crippen molar-refractivity contribution in [2.75, 3.05) is 12.4 Å². The second kappa shape index (κ2) is 5.96. The van der Waals surface area contributed by atoms with Gasteiger partial charge >= 0.3 is 0 Å². The van der Waals surface area contributed by atoms with Crippen molar-refractivity contribution in [1.29, 1.82) is 0 Å². The van der Waals surface area contributed by atoms with E-state index >= 15 is 0 Å². The van der Waals surface area contributed by atoms with Gasteiger partial charge in [-0.1, -0.05) is 13.8 Å². The first-order valence-corrected chi connectivity index (χ1v) is 6.25. The van der Waals surface area contributed by atoms with Crippen LogP contribution >= 0.6 is 11.6 Å². The highest BCUT2D eigenvalue weighted by molar-refractivity contribution is 6.17. The van der Waals surface area contributed by atoms with E-state index in [1.807, 2.05) is 13.8 Å². The van der Waals surface area contributed by atoms with Crippen LogP contribution in [0.5, 0.6) is 11.5 Å². The van der Waals surface area contributed by atoms with Crippen LogP contribution in [0.25, 0.3) is 0 Å². The zero-order valence-corrected chi connectivity index (χ0v) is 11.3. The molecule has 0 saturated heterocycles. The SMILES string of the molecule is CC(C)(CCCl)CNC(=O)c1cc(O)ccc1O. The van der Waals surface area contributed by atoms with Gasteiger partial charge in [0, 0.05) is 12.4 Å². The van der Waals surface area contributed by atoms with E-state index in [9.17, 15) is 15.0 Å². The first kappa shape index (κ1) is 14.6. The molecular weight excluding hydrogens is 254 g/mol. The average Bonchev–Trinajstić information content (AvgIpc) is 2.29. The third-order valence-electron chi connectivity index (χ3n) is 2.72. The molecule has 4 nitrogen and oxygen atoms in total.